The Hall–Kier alpha value is -1.40. The van der Waals surface area contributed by atoms with E-state index in [-0.39, 0.29) is 6.61 Å². The normalized spacial score (nSPS) is 9.15. The summed E-state index contributed by atoms with van der Waals surface area (Å²) in [5.74, 6) is 4.96. The summed E-state index contributed by atoms with van der Waals surface area (Å²) >= 11 is 0. The first-order valence-electron chi connectivity index (χ1n) is 3.96. The second-order valence-electron chi connectivity index (χ2n) is 2.60. The van der Waals surface area contributed by atoms with Crippen molar-refractivity contribution in [3.05, 3.63) is 29.3 Å². The van der Waals surface area contributed by atoms with Crippen molar-refractivity contribution in [2.45, 2.75) is 13.3 Å². The topological polar surface area (TPSA) is 33.1 Å². The Balaban J connectivity index is 2.89. The van der Waals surface area contributed by atoms with E-state index in [0.29, 0.717) is 12.0 Å². The van der Waals surface area contributed by atoms with E-state index in [1.807, 2.05) is 6.92 Å². The minimum Gasteiger partial charge on any atom is -0.395 e. The fourth-order valence-electron chi connectivity index (χ4n) is 0.847. The van der Waals surface area contributed by atoms with E-state index < -0.39 is 5.95 Å². The van der Waals surface area contributed by atoms with Crippen LogP contribution in [0.1, 0.15) is 17.5 Å². The SMILES string of the molecule is Cc1cnc(F)cc1C#CCCO. The molecule has 0 aromatic carbocycles. The Bertz CT molecular complexity index is 352. The zero-order valence-electron chi connectivity index (χ0n) is 7.34. The molecule has 1 aromatic rings. The van der Waals surface area contributed by atoms with Gasteiger partial charge >= 0.3 is 0 Å². The van der Waals surface area contributed by atoms with Crippen LogP contribution in [0.3, 0.4) is 0 Å². The van der Waals surface area contributed by atoms with Crippen LogP contribution in [-0.2, 0) is 0 Å². The molecule has 0 radical (unpaired) electrons. The molecule has 0 bridgehead atoms. The molecule has 1 heterocycles. The zero-order valence-corrected chi connectivity index (χ0v) is 7.34. The van der Waals surface area contributed by atoms with Gasteiger partial charge in [-0.1, -0.05) is 11.8 Å². The lowest BCUT2D eigenvalue weighted by atomic mass is 10.1. The van der Waals surface area contributed by atoms with E-state index >= 15 is 0 Å². The molecule has 0 saturated carbocycles. The Labute approximate surface area is 76.4 Å². The van der Waals surface area contributed by atoms with E-state index in [2.05, 4.69) is 16.8 Å². The van der Waals surface area contributed by atoms with Gasteiger partial charge in [-0.05, 0) is 12.5 Å². The number of nitrogens with zero attached hydrogens (tertiary/aromatic N) is 1. The molecule has 0 aliphatic carbocycles. The van der Waals surface area contributed by atoms with Crippen molar-refractivity contribution in [2.24, 2.45) is 0 Å². The van der Waals surface area contributed by atoms with Gasteiger partial charge in [0, 0.05) is 24.2 Å². The molecule has 0 aliphatic rings. The smallest absolute Gasteiger partial charge is 0.214 e. The average Bonchev–Trinajstić information content (AvgIpc) is 2.11. The van der Waals surface area contributed by atoms with Crippen molar-refractivity contribution in [2.75, 3.05) is 6.61 Å². The van der Waals surface area contributed by atoms with E-state index in [1.54, 1.807) is 0 Å². The van der Waals surface area contributed by atoms with Crippen LogP contribution in [0.25, 0.3) is 0 Å². The van der Waals surface area contributed by atoms with Gasteiger partial charge in [0.1, 0.15) is 0 Å². The Morgan fingerprint density at radius 3 is 3.08 bits per heavy atom. The number of halogens is 1. The van der Waals surface area contributed by atoms with Crippen molar-refractivity contribution in [3.63, 3.8) is 0 Å². The maximum atomic E-state index is 12.6. The van der Waals surface area contributed by atoms with Gasteiger partial charge in [-0.25, -0.2) is 4.98 Å². The first kappa shape index (κ1) is 9.69. The fraction of sp³-hybridized carbons (Fsp3) is 0.300. The predicted molar refractivity (Wildman–Crippen MR) is 47.5 cm³/mol. The lowest BCUT2D eigenvalue weighted by molar-refractivity contribution is 0.305. The molecule has 2 nitrogen and oxygen atoms in total. The van der Waals surface area contributed by atoms with Gasteiger partial charge in [0.2, 0.25) is 5.95 Å². The van der Waals surface area contributed by atoms with Crippen LogP contribution in [0, 0.1) is 24.7 Å². The molecule has 1 rings (SSSR count). The van der Waals surface area contributed by atoms with Crippen LogP contribution in [0.5, 0.6) is 0 Å². The van der Waals surface area contributed by atoms with Crippen molar-refractivity contribution < 1.29 is 9.50 Å². The molecular formula is C10H10FNO. The summed E-state index contributed by atoms with van der Waals surface area (Å²) in [7, 11) is 0. The maximum Gasteiger partial charge on any atom is 0.214 e. The third kappa shape index (κ3) is 2.85. The number of aliphatic hydroxyl groups is 1. The van der Waals surface area contributed by atoms with Crippen LogP contribution < -0.4 is 0 Å². The third-order valence-electron chi connectivity index (χ3n) is 1.53. The fourth-order valence-corrected chi connectivity index (χ4v) is 0.847. The van der Waals surface area contributed by atoms with Gasteiger partial charge in [0.15, 0.2) is 0 Å². The summed E-state index contributed by atoms with van der Waals surface area (Å²) in [6.45, 7) is 1.84. The van der Waals surface area contributed by atoms with Gasteiger partial charge in [0.25, 0.3) is 0 Å². The molecule has 1 aromatic heterocycles. The molecule has 0 atom stereocenters. The summed E-state index contributed by atoms with van der Waals surface area (Å²) in [4.78, 5) is 3.48. The van der Waals surface area contributed by atoms with Crippen molar-refractivity contribution >= 4 is 0 Å². The molecule has 0 aliphatic heterocycles. The summed E-state index contributed by atoms with van der Waals surface area (Å²) in [5.41, 5.74) is 1.47. The van der Waals surface area contributed by atoms with E-state index in [0.717, 1.165) is 5.56 Å². The number of aryl methyl sites for hydroxylation is 1. The highest BCUT2D eigenvalue weighted by Gasteiger charge is 1.96. The largest absolute Gasteiger partial charge is 0.395 e. The predicted octanol–water partition coefficient (Wildman–Crippen LogP) is 1.26. The van der Waals surface area contributed by atoms with Crippen LogP contribution in [0.2, 0.25) is 0 Å². The highest BCUT2D eigenvalue weighted by molar-refractivity contribution is 5.38. The average molecular weight is 179 g/mol. The van der Waals surface area contributed by atoms with E-state index in [4.69, 9.17) is 5.11 Å². The van der Waals surface area contributed by atoms with E-state index in [9.17, 15) is 4.39 Å². The number of hydrogen-bond donors (Lipinski definition) is 1. The minimum absolute atomic E-state index is 0.0274. The molecule has 0 unspecified atom stereocenters. The van der Waals surface area contributed by atoms with Gasteiger partial charge in [-0.2, -0.15) is 4.39 Å². The Kier molecular flexibility index (Phi) is 3.41. The number of aromatic nitrogens is 1. The van der Waals surface area contributed by atoms with Crippen LogP contribution in [0.4, 0.5) is 4.39 Å². The maximum absolute atomic E-state index is 12.6. The molecular weight excluding hydrogens is 169 g/mol. The summed E-state index contributed by atoms with van der Waals surface area (Å²) in [5, 5.41) is 8.48. The molecule has 0 saturated heterocycles. The summed E-state index contributed by atoms with van der Waals surface area (Å²) < 4.78 is 12.6. The molecule has 0 fully saturated rings. The second kappa shape index (κ2) is 4.58. The summed E-state index contributed by atoms with van der Waals surface area (Å²) in [6, 6.07) is 1.29. The van der Waals surface area contributed by atoms with Crippen molar-refractivity contribution in [1.29, 1.82) is 0 Å². The zero-order chi connectivity index (χ0) is 9.68. The second-order valence-corrected chi connectivity index (χ2v) is 2.60. The third-order valence-corrected chi connectivity index (χ3v) is 1.53. The number of pyridine rings is 1. The Morgan fingerprint density at radius 1 is 1.62 bits per heavy atom. The standard InChI is InChI=1S/C10H10FNO/c1-8-7-12-10(11)6-9(8)4-2-3-5-13/h6-7,13H,3,5H2,1H3. The molecule has 13 heavy (non-hydrogen) atoms. The van der Waals surface area contributed by atoms with Crippen molar-refractivity contribution in [3.8, 4) is 11.8 Å². The monoisotopic (exact) mass is 179 g/mol. The molecule has 68 valence electrons. The molecule has 0 amide bonds. The summed E-state index contributed by atoms with van der Waals surface area (Å²) in [6.07, 6.45) is 1.85. The van der Waals surface area contributed by atoms with Crippen molar-refractivity contribution in [1.82, 2.24) is 4.98 Å². The highest BCUT2D eigenvalue weighted by atomic mass is 19.1. The number of hydrogen-bond acceptors (Lipinski definition) is 2. The van der Waals surface area contributed by atoms with Crippen LogP contribution in [0.15, 0.2) is 12.3 Å². The number of aliphatic hydroxyl groups excluding tert-OH is 1. The molecule has 1 N–H and O–H groups in total. The molecule has 0 spiro atoms. The van der Waals surface area contributed by atoms with Gasteiger partial charge < -0.3 is 5.11 Å². The van der Waals surface area contributed by atoms with Crippen LogP contribution >= 0.6 is 0 Å². The van der Waals surface area contributed by atoms with Gasteiger partial charge in [-0.15, -0.1) is 0 Å². The lowest BCUT2D eigenvalue weighted by Gasteiger charge is -1.95. The highest BCUT2D eigenvalue weighted by Crippen LogP contribution is 2.05. The lowest BCUT2D eigenvalue weighted by Crippen LogP contribution is -1.88. The quantitative estimate of drug-likeness (QED) is 0.520. The number of rotatable bonds is 1. The van der Waals surface area contributed by atoms with Gasteiger partial charge in [-0.3, -0.25) is 0 Å². The van der Waals surface area contributed by atoms with E-state index in [1.165, 1.54) is 12.3 Å². The minimum atomic E-state index is -0.529. The molecule has 3 heteroatoms. The first-order valence-corrected chi connectivity index (χ1v) is 3.96. The first-order chi connectivity index (χ1) is 6.24. The van der Waals surface area contributed by atoms with Crippen LogP contribution in [-0.4, -0.2) is 16.7 Å². The van der Waals surface area contributed by atoms with Gasteiger partial charge in [0.05, 0.1) is 6.61 Å². The Morgan fingerprint density at radius 2 is 2.38 bits per heavy atom.